The van der Waals surface area contributed by atoms with Gasteiger partial charge in [-0.25, -0.2) is 9.78 Å². The number of benzene rings is 2. The standard InChI is InChI=1S/C27H28N6O2/c1-2-24(34)31-15-13-23(14-16-31)33-25-21(17-28-26(30-25)29-22-11-7-4-8-12-22)19-32(27(33)35)18-20-9-5-3-6-10-20/h2-12,17,23H,1,13-16,18-19H2,(H,28,29,30). The number of nitrogens with one attached hydrogen (secondary N) is 1. The molecule has 35 heavy (non-hydrogen) atoms. The zero-order valence-corrected chi connectivity index (χ0v) is 19.5. The number of aromatic nitrogens is 2. The highest BCUT2D eigenvalue weighted by Crippen LogP contribution is 2.33. The van der Waals surface area contributed by atoms with E-state index in [1.165, 1.54) is 6.08 Å². The summed E-state index contributed by atoms with van der Waals surface area (Å²) in [5, 5.41) is 3.24. The summed E-state index contributed by atoms with van der Waals surface area (Å²) in [4.78, 5) is 40.6. The lowest BCUT2D eigenvalue weighted by atomic mass is 10.0. The van der Waals surface area contributed by atoms with Crippen molar-refractivity contribution in [2.24, 2.45) is 0 Å². The van der Waals surface area contributed by atoms with E-state index in [0.717, 1.165) is 16.8 Å². The van der Waals surface area contributed by atoms with Gasteiger partial charge in [0.1, 0.15) is 5.82 Å². The first-order valence-electron chi connectivity index (χ1n) is 11.8. The predicted octanol–water partition coefficient (Wildman–Crippen LogP) is 4.34. The van der Waals surface area contributed by atoms with Crippen LogP contribution >= 0.6 is 0 Å². The van der Waals surface area contributed by atoms with E-state index >= 15 is 0 Å². The molecule has 2 aliphatic rings. The van der Waals surface area contributed by atoms with Crippen LogP contribution in [0.4, 0.5) is 22.2 Å². The third-order valence-electron chi connectivity index (χ3n) is 6.47. The summed E-state index contributed by atoms with van der Waals surface area (Å²) in [6.45, 7) is 5.70. The van der Waals surface area contributed by atoms with Crippen LogP contribution in [0.15, 0.2) is 79.5 Å². The summed E-state index contributed by atoms with van der Waals surface area (Å²) in [6, 6.07) is 19.6. The third-order valence-corrected chi connectivity index (χ3v) is 6.47. The van der Waals surface area contributed by atoms with Crippen LogP contribution < -0.4 is 10.2 Å². The van der Waals surface area contributed by atoms with E-state index in [0.29, 0.717) is 50.8 Å². The van der Waals surface area contributed by atoms with Crippen molar-refractivity contribution in [3.05, 3.63) is 90.6 Å². The summed E-state index contributed by atoms with van der Waals surface area (Å²) in [6.07, 6.45) is 4.50. The van der Waals surface area contributed by atoms with Crippen LogP contribution in [0.2, 0.25) is 0 Å². The zero-order valence-electron chi connectivity index (χ0n) is 19.5. The molecule has 3 heterocycles. The number of nitrogens with zero attached hydrogens (tertiary/aromatic N) is 5. The number of para-hydroxylation sites is 1. The van der Waals surface area contributed by atoms with Crippen molar-refractivity contribution in [2.75, 3.05) is 23.3 Å². The van der Waals surface area contributed by atoms with E-state index in [4.69, 9.17) is 4.98 Å². The van der Waals surface area contributed by atoms with E-state index in [9.17, 15) is 9.59 Å². The number of likely N-dealkylation sites (tertiary alicyclic amines) is 1. The van der Waals surface area contributed by atoms with Crippen LogP contribution in [-0.2, 0) is 17.9 Å². The van der Waals surface area contributed by atoms with Gasteiger partial charge in [0, 0.05) is 43.1 Å². The topological polar surface area (TPSA) is 81.7 Å². The van der Waals surface area contributed by atoms with Gasteiger partial charge in [0.2, 0.25) is 11.9 Å². The van der Waals surface area contributed by atoms with Gasteiger partial charge in [-0.05, 0) is 36.6 Å². The molecule has 1 N–H and O–H groups in total. The van der Waals surface area contributed by atoms with Crippen LogP contribution in [0, 0.1) is 0 Å². The Morgan fingerprint density at radius 3 is 2.43 bits per heavy atom. The largest absolute Gasteiger partial charge is 0.339 e. The normalized spacial score (nSPS) is 16.1. The highest BCUT2D eigenvalue weighted by Gasteiger charge is 2.38. The highest BCUT2D eigenvalue weighted by molar-refractivity contribution is 5.94. The van der Waals surface area contributed by atoms with Crippen molar-refractivity contribution in [2.45, 2.75) is 32.0 Å². The molecular weight excluding hydrogens is 440 g/mol. The van der Waals surface area contributed by atoms with Crippen LogP contribution in [0.25, 0.3) is 0 Å². The number of hydrogen-bond acceptors (Lipinski definition) is 5. The quantitative estimate of drug-likeness (QED) is 0.545. The van der Waals surface area contributed by atoms with Gasteiger partial charge in [-0.3, -0.25) is 9.69 Å². The average molecular weight is 469 g/mol. The Balaban J connectivity index is 1.45. The minimum absolute atomic E-state index is 0.0619. The summed E-state index contributed by atoms with van der Waals surface area (Å²) in [5.74, 6) is 1.01. The zero-order chi connectivity index (χ0) is 24.2. The Morgan fingerprint density at radius 1 is 1.06 bits per heavy atom. The first-order chi connectivity index (χ1) is 17.1. The van der Waals surface area contributed by atoms with Gasteiger partial charge in [-0.15, -0.1) is 0 Å². The molecule has 8 heteroatoms. The van der Waals surface area contributed by atoms with Crippen LogP contribution in [0.1, 0.15) is 24.0 Å². The molecule has 2 aliphatic heterocycles. The molecule has 0 aliphatic carbocycles. The second-order valence-corrected chi connectivity index (χ2v) is 8.79. The highest BCUT2D eigenvalue weighted by atomic mass is 16.2. The van der Waals surface area contributed by atoms with Gasteiger partial charge in [-0.1, -0.05) is 55.1 Å². The molecule has 1 saturated heterocycles. The molecule has 8 nitrogen and oxygen atoms in total. The number of carbonyl (C=O) groups excluding carboxylic acids is 2. The average Bonchev–Trinajstić information content (AvgIpc) is 2.90. The molecule has 3 amide bonds. The fourth-order valence-electron chi connectivity index (χ4n) is 4.67. The molecule has 2 aromatic carbocycles. The van der Waals surface area contributed by atoms with Crippen molar-refractivity contribution in [3.63, 3.8) is 0 Å². The van der Waals surface area contributed by atoms with Crippen molar-refractivity contribution in [3.8, 4) is 0 Å². The minimum atomic E-state index is -0.0730. The van der Waals surface area contributed by atoms with Gasteiger partial charge in [0.05, 0.1) is 6.54 Å². The van der Waals surface area contributed by atoms with Crippen molar-refractivity contribution in [1.29, 1.82) is 0 Å². The maximum absolute atomic E-state index is 13.8. The summed E-state index contributed by atoms with van der Waals surface area (Å²) >= 11 is 0. The molecule has 0 saturated carbocycles. The van der Waals surface area contributed by atoms with Crippen molar-refractivity contribution >= 4 is 29.4 Å². The molecule has 1 aromatic heterocycles. The molecule has 0 unspecified atom stereocenters. The van der Waals surface area contributed by atoms with E-state index in [-0.39, 0.29) is 18.0 Å². The molecular formula is C27H28N6O2. The fraction of sp³-hybridized carbons (Fsp3) is 0.259. The fourth-order valence-corrected chi connectivity index (χ4v) is 4.67. The number of anilines is 3. The maximum Gasteiger partial charge on any atom is 0.326 e. The number of piperidine rings is 1. The van der Waals surface area contributed by atoms with Crippen LogP contribution in [0.5, 0.6) is 0 Å². The van der Waals surface area contributed by atoms with Gasteiger partial charge in [0.15, 0.2) is 0 Å². The van der Waals surface area contributed by atoms with E-state index in [1.54, 1.807) is 11.1 Å². The molecule has 0 bridgehead atoms. The van der Waals surface area contributed by atoms with Gasteiger partial charge in [-0.2, -0.15) is 4.98 Å². The monoisotopic (exact) mass is 468 g/mol. The Bertz CT molecular complexity index is 1210. The molecule has 1 fully saturated rings. The molecule has 0 atom stereocenters. The lowest BCUT2D eigenvalue weighted by Gasteiger charge is -2.43. The van der Waals surface area contributed by atoms with Crippen molar-refractivity contribution < 1.29 is 9.59 Å². The molecule has 3 aromatic rings. The number of fused-ring (bicyclic) bond motifs is 1. The van der Waals surface area contributed by atoms with Crippen LogP contribution in [-0.4, -0.2) is 50.8 Å². The minimum Gasteiger partial charge on any atom is -0.339 e. The smallest absolute Gasteiger partial charge is 0.326 e. The number of hydrogen-bond donors (Lipinski definition) is 1. The first-order valence-corrected chi connectivity index (χ1v) is 11.8. The maximum atomic E-state index is 13.8. The Hall–Kier alpha value is -4.20. The Kier molecular flexibility index (Phi) is 6.43. The summed E-state index contributed by atoms with van der Waals surface area (Å²) in [5.41, 5.74) is 2.85. The second-order valence-electron chi connectivity index (χ2n) is 8.79. The summed E-state index contributed by atoms with van der Waals surface area (Å²) in [7, 11) is 0. The van der Waals surface area contributed by atoms with Crippen LogP contribution in [0.3, 0.4) is 0 Å². The number of urea groups is 1. The first kappa shape index (κ1) is 22.6. The molecule has 0 spiro atoms. The molecule has 178 valence electrons. The van der Waals surface area contributed by atoms with E-state index < -0.39 is 0 Å². The van der Waals surface area contributed by atoms with Crippen molar-refractivity contribution in [1.82, 2.24) is 19.8 Å². The molecule has 0 radical (unpaired) electrons. The number of rotatable bonds is 6. The van der Waals surface area contributed by atoms with E-state index in [1.807, 2.05) is 70.5 Å². The predicted molar refractivity (Wildman–Crippen MR) is 135 cm³/mol. The molecule has 5 rings (SSSR count). The van der Waals surface area contributed by atoms with Gasteiger partial charge < -0.3 is 15.1 Å². The van der Waals surface area contributed by atoms with E-state index in [2.05, 4.69) is 16.9 Å². The lowest BCUT2D eigenvalue weighted by molar-refractivity contribution is -0.126. The van der Waals surface area contributed by atoms with Gasteiger partial charge >= 0.3 is 6.03 Å². The third kappa shape index (κ3) is 4.87. The SMILES string of the molecule is C=CC(=O)N1CCC(N2C(=O)N(Cc3ccccc3)Cc3cnc(Nc4ccccc4)nc32)CC1. The number of carbonyl (C=O) groups is 2. The Morgan fingerprint density at radius 2 is 1.74 bits per heavy atom. The summed E-state index contributed by atoms with van der Waals surface area (Å²) < 4.78 is 0. The Labute approximate surface area is 204 Å². The second kappa shape index (κ2) is 9.97. The lowest BCUT2D eigenvalue weighted by Crippen LogP contribution is -2.55. The number of amides is 3. The van der Waals surface area contributed by atoms with Gasteiger partial charge in [0.25, 0.3) is 0 Å².